The topological polar surface area (TPSA) is 67.0 Å². The van der Waals surface area contributed by atoms with Crippen LogP contribution >= 0.6 is 27.5 Å². The average Bonchev–Trinajstić information content (AvgIpc) is 2.81. The molecule has 0 radical (unpaired) electrons. The number of nitrogens with zero attached hydrogens (tertiary/aromatic N) is 1. The van der Waals surface area contributed by atoms with E-state index >= 15 is 0 Å². The standard InChI is InChI=1S/C11H9BrClN3O2/c1-18-10-8(12)2-7(13)3-9(10)16-11(17)6-4-14-15-5-6/h2-5H,1H3,(H,14,15)(H,16,17). The van der Waals surface area contributed by atoms with Crippen molar-refractivity contribution in [3.05, 3.63) is 39.6 Å². The Kier molecular flexibility index (Phi) is 3.88. The van der Waals surface area contributed by atoms with Gasteiger partial charge in [0.25, 0.3) is 5.91 Å². The van der Waals surface area contributed by atoms with Gasteiger partial charge in [-0.2, -0.15) is 5.10 Å². The van der Waals surface area contributed by atoms with Crippen molar-refractivity contribution in [3.8, 4) is 5.75 Å². The summed E-state index contributed by atoms with van der Waals surface area (Å²) in [4.78, 5) is 11.9. The zero-order valence-corrected chi connectivity index (χ0v) is 11.7. The maximum atomic E-state index is 11.9. The largest absolute Gasteiger partial charge is 0.493 e. The molecule has 18 heavy (non-hydrogen) atoms. The molecule has 1 heterocycles. The van der Waals surface area contributed by atoms with E-state index in [9.17, 15) is 4.79 Å². The lowest BCUT2D eigenvalue weighted by molar-refractivity contribution is 0.102. The average molecular weight is 331 g/mol. The molecule has 0 fully saturated rings. The molecule has 2 aromatic rings. The quantitative estimate of drug-likeness (QED) is 0.909. The van der Waals surface area contributed by atoms with Crippen molar-refractivity contribution in [2.75, 3.05) is 12.4 Å². The number of ether oxygens (including phenoxy) is 1. The van der Waals surface area contributed by atoms with Gasteiger partial charge in [0.05, 0.1) is 29.0 Å². The summed E-state index contributed by atoms with van der Waals surface area (Å²) >= 11 is 9.25. The molecule has 0 bridgehead atoms. The molecular weight excluding hydrogens is 321 g/mol. The third-order valence-corrected chi connectivity index (χ3v) is 3.03. The molecule has 0 aliphatic heterocycles. The summed E-state index contributed by atoms with van der Waals surface area (Å²) in [5.41, 5.74) is 0.913. The lowest BCUT2D eigenvalue weighted by Crippen LogP contribution is -2.12. The number of halogens is 2. The van der Waals surface area contributed by atoms with Crippen LogP contribution in [0.15, 0.2) is 29.0 Å². The molecule has 94 valence electrons. The van der Waals surface area contributed by atoms with Crippen LogP contribution in [-0.4, -0.2) is 23.2 Å². The number of anilines is 1. The van der Waals surface area contributed by atoms with E-state index in [1.54, 1.807) is 12.1 Å². The monoisotopic (exact) mass is 329 g/mol. The molecule has 0 spiro atoms. The van der Waals surface area contributed by atoms with Crippen molar-refractivity contribution < 1.29 is 9.53 Å². The molecule has 0 atom stereocenters. The molecule has 1 amide bonds. The zero-order chi connectivity index (χ0) is 13.1. The number of benzene rings is 1. The molecule has 0 unspecified atom stereocenters. The van der Waals surface area contributed by atoms with E-state index in [4.69, 9.17) is 16.3 Å². The molecular formula is C11H9BrClN3O2. The summed E-state index contributed by atoms with van der Waals surface area (Å²) in [7, 11) is 1.52. The minimum Gasteiger partial charge on any atom is -0.493 e. The van der Waals surface area contributed by atoms with Crippen molar-refractivity contribution in [2.45, 2.75) is 0 Å². The van der Waals surface area contributed by atoms with Crippen LogP contribution in [0.1, 0.15) is 10.4 Å². The Morgan fingerprint density at radius 3 is 2.94 bits per heavy atom. The van der Waals surface area contributed by atoms with E-state index in [-0.39, 0.29) is 5.91 Å². The van der Waals surface area contributed by atoms with Gasteiger partial charge >= 0.3 is 0 Å². The predicted octanol–water partition coefficient (Wildman–Crippen LogP) is 3.09. The Hall–Kier alpha value is -1.53. The molecule has 5 nitrogen and oxygen atoms in total. The van der Waals surface area contributed by atoms with Crippen LogP contribution in [0, 0.1) is 0 Å². The summed E-state index contributed by atoms with van der Waals surface area (Å²) in [6.07, 6.45) is 2.93. The van der Waals surface area contributed by atoms with Crippen LogP contribution in [-0.2, 0) is 0 Å². The first kappa shape index (κ1) is 12.9. The van der Waals surface area contributed by atoms with Gasteiger partial charge in [0.2, 0.25) is 0 Å². The summed E-state index contributed by atoms with van der Waals surface area (Å²) in [6, 6.07) is 3.30. The van der Waals surface area contributed by atoms with E-state index < -0.39 is 0 Å². The molecule has 0 aliphatic rings. The second kappa shape index (κ2) is 5.41. The van der Waals surface area contributed by atoms with Gasteiger partial charge in [-0.3, -0.25) is 9.89 Å². The predicted molar refractivity (Wildman–Crippen MR) is 72.2 cm³/mol. The van der Waals surface area contributed by atoms with Crippen LogP contribution in [0.2, 0.25) is 5.02 Å². The molecule has 0 aliphatic carbocycles. The number of aromatic amines is 1. The first-order chi connectivity index (χ1) is 8.61. The molecule has 0 saturated carbocycles. The first-order valence-electron chi connectivity index (χ1n) is 4.95. The summed E-state index contributed by atoms with van der Waals surface area (Å²) in [5, 5.41) is 9.48. The highest BCUT2D eigenvalue weighted by molar-refractivity contribution is 9.10. The molecule has 1 aromatic heterocycles. The van der Waals surface area contributed by atoms with Crippen LogP contribution in [0.4, 0.5) is 5.69 Å². The Balaban J connectivity index is 2.31. The van der Waals surface area contributed by atoms with Crippen LogP contribution in [0.3, 0.4) is 0 Å². The van der Waals surface area contributed by atoms with E-state index in [0.717, 1.165) is 0 Å². The van der Waals surface area contributed by atoms with Crippen molar-refractivity contribution in [1.29, 1.82) is 0 Å². The van der Waals surface area contributed by atoms with Gasteiger partial charge in [0, 0.05) is 11.2 Å². The fourth-order valence-corrected chi connectivity index (χ4v) is 2.40. The Morgan fingerprint density at radius 1 is 1.56 bits per heavy atom. The fourth-order valence-electron chi connectivity index (χ4n) is 1.43. The highest BCUT2D eigenvalue weighted by Crippen LogP contribution is 2.36. The van der Waals surface area contributed by atoms with Crippen LogP contribution < -0.4 is 10.1 Å². The second-order valence-corrected chi connectivity index (χ2v) is 4.70. The smallest absolute Gasteiger partial charge is 0.258 e. The minimum atomic E-state index is -0.295. The zero-order valence-electron chi connectivity index (χ0n) is 9.33. The fraction of sp³-hybridized carbons (Fsp3) is 0.0909. The number of hydrogen-bond acceptors (Lipinski definition) is 3. The number of hydrogen-bond donors (Lipinski definition) is 2. The van der Waals surface area contributed by atoms with Gasteiger partial charge in [0.1, 0.15) is 0 Å². The van der Waals surface area contributed by atoms with E-state index in [1.165, 1.54) is 19.5 Å². The summed E-state index contributed by atoms with van der Waals surface area (Å²) < 4.78 is 5.87. The van der Waals surface area contributed by atoms with E-state index in [1.807, 2.05) is 0 Å². The molecule has 2 rings (SSSR count). The van der Waals surface area contributed by atoms with Crippen LogP contribution in [0.5, 0.6) is 5.75 Å². The summed E-state index contributed by atoms with van der Waals surface area (Å²) in [5.74, 6) is 0.215. The van der Waals surface area contributed by atoms with Gasteiger partial charge < -0.3 is 10.1 Å². The third kappa shape index (κ3) is 2.65. The van der Waals surface area contributed by atoms with Gasteiger partial charge in [-0.1, -0.05) is 11.6 Å². The number of amides is 1. The van der Waals surface area contributed by atoms with Crippen molar-refractivity contribution >= 4 is 39.1 Å². The van der Waals surface area contributed by atoms with Crippen molar-refractivity contribution in [3.63, 3.8) is 0 Å². The number of rotatable bonds is 3. The van der Waals surface area contributed by atoms with Gasteiger partial charge in [-0.05, 0) is 28.1 Å². The van der Waals surface area contributed by atoms with E-state index in [0.29, 0.717) is 26.5 Å². The number of methoxy groups -OCH3 is 1. The van der Waals surface area contributed by atoms with Gasteiger partial charge in [-0.15, -0.1) is 0 Å². The summed E-state index contributed by atoms with van der Waals surface area (Å²) in [6.45, 7) is 0. The molecule has 7 heteroatoms. The molecule has 0 saturated heterocycles. The van der Waals surface area contributed by atoms with E-state index in [2.05, 4.69) is 31.4 Å². The first-order valence-corrected chi connectivity index (χ1v) is 6.12. The second-order valence-electron chi connectivity index (χ2n) is 3.41. The molecule has 2 N–H and O–H groups in total. The van der Waals surface area contributed by atoms with Crippen LogP contribution in [0.25, 0.3) is 0 Å². The van der Waals surface area contributed by atoms with Gasteiger partial charge in [0.15, 0.2) is 5.75 Å². The molecule has 1 aromatic carbocycles. The Labute approximate surface area is 117 Å². The number of nitrogens with one attached hydrogen (secondary N) is 2. The maximum Gasteiger partial charge on any atom is 0.258 e. The van der Waals surface area contributed by atoms with Crippen molar-refractivity contribution in [2.24, 2.45) is 0 Å². The number of carbonyl (C=O) groups is 1. The minimum absolute atomic E-state index is 0.295. The number of H-pyrrole nitrogens is 1. The lowest BCUT2D eigenvalue weighted by Gasteiger charge is -2.11. The SMILES string of the molecule is COc1c(Br)cc(Cl)cc1NC(=O)c1cn[nH]c1. The Morgan fingerprint density at radius 2 is 2.33 bits per heavy atom. The normalized spacial score (nSPS) is 10.2. The number of carbonyl (C=O) groups excluding carboxylic acids is 1. The maximum absolute atomic E-state index is 11.9. The highest BCUT2D eigenvalue weighted by Gasteiger charge is 2.13. The van der Waals surface area contributed by atoms with Crippen molar-refractivity contribution in [1.82, 2.24) is 10.2 Å². The lowest BCUT2D eigenvalue weighted by atomic mass is 10.2. The van der Waals surface area contributed by atoms with Gasteiger partial charge in [-0.25, -0.2) is 0 Å². The third-order valence-electron chi connectivity index (χ3n) is 2.22. The highest BCUT2D eigenvalue weighted by atomic mass is 79.9. The number of aromatic nitrogens is 2. The Bertz CT molecular complexity index is 572.